The smallest absolute Gasteiger partial charge is 0.306 e. The molecule has 1 aliphatic rings. The fourth-order valence-corrected chi connectivity index (χ4v) is 5.68. The third-order valence-electron chi connectivity index (χ3n) is 8.32. The van der Waals surface area contributed by atoms with E-state index in [2.05, 4.69) is 22.0 Å². The highest BCUT2D eigenvalue weighted by Crippen LogP contribution is 2.26. The zero-order valence-electron chi connectivity index (χ0n) is 27.6. The van der Waals surface area contributed by atoms with E-state index in [0.717, 1.165) is 55.8 Å². The lowest BCUT2D eigenvalue weighted by Gasteiger charge is -2.36. The number of ether oxygens (including phenoxy) is 3. The van der Waals surface area contributed by atoms with E-state index in [1.807, 2.05) is 56.3 Å². The summed E-state index contributed by atoms with van der Waals surface area (Å²) in [7, 11) is 1.62. The second-order valence-electron chi connectivity index (χ2n) is 12.0. The number of carbonyl (C=O) groups excluding carboxylic acids is 2. The Hall–Kier alpha value is -3.10. The maximum atomic E-state index is 12.8. The van der Waals surface area contributed by atoms with Crippen LogP contribution < -0.4 is 14.8 Å². The van der Waals surface area contributed by atoms with E-state index in [1.165, 1.54) is 44.9 Å². The second kappa shape index (κ2) is 20.0. The van der Waals surface area contributed by atoms with Gasteiger partial charge in [-0.25, -0.2) is 0 Å². The van der Waals surface area contributed by atoms with Crippen molar-refractivity contribution in [1.82, 2.24) is 9.80 Å². The highest BCUT2D eigenvalue weighted by atomic mass is 16.6. The number of nitrogens with zero attached hydrogens (tertiary/aromatic N) is 2. The fourth-order valence-electron chi connectivity index (χ4n) is 5.68. The molecule has 1 atom stereocenters. The van der Waals surface area contributed by atoms with E-state index in [-0.39, 0.29) is 18.5 Å². The predicted octanol–water partition coefficient (Wildman–Crippen LogP) is 6.78. The van der Waals surface area contributed by atoms with Crippen molar-refractivity contribution in [2.45, 2.75) is 91.1 Å². The van der Waals surface area contributed by atoms with E-state index in [4.69, 9.17) is 14.2 Å². The van der Waals surface area contributed by atoms with Crippen LogP contribution in [0, 0.1) is 13.8 Å². The first-order valence-electron chi connectivity index (χ1n) is 16.7. The summed E-state index contributed by atoms with van der Waals surface area (Å²) in [4.78, 5) is 30.1. The molecule has 1 unspecified atom stereocenters. The summed E-state index contributed by atoms with van der Waals surface area (Å²) in [5, 5.41) is 3.09. The van der Waals surface area contributed by atoms with Crippen LogP contribution in [0.2, 0.25) is 0 Å². The number of rotatable bonds is 20. The molecular formula is C36H55N3O5. The minimum Gasteiger partial charge on any atom is -0.493 e. The standard InChI is InChI=1S/C36H55N3O5/c1-5-6-7-8-9-10-11-12-13-21-35(41)44-31(28-43-33-20-15-14-19-32(33)42-4)26-38-22-24-39(25-23-38)27-34(40)37-36-29(2)17-16-18-30(36)3/h14-20,31H,5-13,21-28H2,1-4H3,(H,37,40). The summed E-state index contributed by atoms with van der Waals surface area (Å²) in [6, 6.07) is 13.5. The minimum absolute atomic E-state index is 0.00404. The van der Waals surface area contributed by atoms with E-state index in [1.54, 1.807) is 7.11 Å². The van der Waals surface area contributed by atoms with Gasteiger partial charge in [-0.2, -0.15) is 0 Å². The van der Waals surface area contributed by atoms with Crippen LogP contribution in [-0.2, 0) is 14.3 Å². The summed E-state index contributed by atoms with van der Waals surface area (Å²) in [5.74, 6) is 1.13. The molecule has 1 aliphatic heterocycles. The van der Waals surface area contributed by atoms with Gasteiger partial charge in [0.05, 0.1) is 13.7 Å². The molecule has 0 saturated carbocycles. The van der Waals surface area contributed by atoms with Crippen molar-refractivity contribution in [2.75, 3.05) is 58.3 Å². The van der Waals surface area contributed by atoms with Gasteiger partial charge in [0.15, 0.2) is 11.5 Å². The number of benzene rings is 2. The Morgan fingerprint density at radius 2 is 1.39 bits per heavy atom. The molecule has 0 radical (unpaired) electrons. The molecule has 3 rings (SSSR count). The molecular weight excluding hydrogens is 554 g/mol. The van der Waals surface area contributed by atoms with Crippen molar-refractivity contribution in [3.8, 4) is 11.5 Å². The number of carbonyl (C=O) groups is 2. The zero-order valence-corrected chi connectivity index (χ0v) is 27.6. The maximum absolute atomic E-state index is 12.8. The Labute approximate surface area is 265 Å². The molecule has 1 fully saturated rings. The number of anilines is 1. The molecule has 0 spiro atoms. The van der Waals surface area contributed by atoms with Gasteiger partial charge >= 0.3 is 5.97 Å². The zero-order chi connectivity index (χ0) is 31.6. The van der Waals surface area contributed by atoms with Crippen molar-refractivity contribution in [3.63, 3.8) is 0 Å². The largest absolute Gasteiger partial charge is 0.493 e. The van der Waals surface area contributed by atoms with Gasteiger partial charge in [0, 0.05) is 44.8 Å². The Bertz CT molecular complexity index is 1110. The number of piperazine rings is 1. The number of hydrogen-bond acceptors (Lipinski definition) is 7. The second-order valence-corrected chi connectivity index (χ2v) is 12.0. The van der Waals surface area contributed by atoms with Gasteiger partial charge in [0.1, 0.15) is 12.7 Å². The molecule has 0 bridgehead atoms. The first kappa shape index (κ1) is 35.4. The van der Waals surface area contributed by atoms with Gasteiger partial charge in [-0.05, 0) is 43.5 Å². The lowest BCUT2D eigenvalue weighted by atomic mass is 10.1. The maximum Gasteiger partial charge on any atom is 0.306 e. The van der Waals surface area contributed by atoms with Crippen LogP contribution in [0.3, 0.4) is 0 Å². The number of methoxy groups -OCH3 is 1. The number of esters is 1. The molecule has 8 heteroatoms. The number of nitrogens with one attached hydrogen (secondary N) is 1. The van der Waals surface area contributed by atoms with Crippen molar-refractivity contribution < 1.29 is 23.8 Å². The van der Waals surface area contributed by atoms with Gasteiger partial charge in [-0.15, -0.1) is 0 Å². The molecule has 1 saturated heterocycles. The van der Waals surface area contributed by atoms with Gasteiger partial charge in [0.2, 0.25) is 5.91 Å². The lowest BCUT2D eigenvalue weighted by Crippen LogP contribution is -2.51. The molecule has 1 heterocycles. The molecule has 0 aliphatic carbocycles. The van der Waals surface area contributed by atoms with Gasteiger partial charge in [-0.3, -0.25) is 19.4 Å². The molecule has 2 aromatic carbocycles. The number of unbranched alkanes of at least 4 members (excludes halogenated alkanes) is 8. The third kappa shape index (κ3) is 12.9. The van der Waals surface area contributed by atoms with Gasteiger partial charge in [-0.1, -0.05) is 88.6 Å². The summed E-state index contributed by atoms with van der Waals surface area (Å²) in [5.41, 5.74) is 3.03. The molecule has 8 nitrogen and oxygen atoms in total. The normalized spacial score (nSPS) is 14.6. The highest BCUT2D eigenvalue weighted by Gasteiger charge is 2.24. The van der Waals surface area contributed by atoms with Crippen LogP contribution in [0.25, 0.3) is 0 Å². The summed E-state index contributed by atoms with van der Waals surface area (Å²) in [6.07, 6.45) is 10.9. The third-order valence-corrected chi connectivity index (χ3v) is 8.32. The Balaban J connectivity index is 1.45. The van der Waals surface area contributed by atoms with Crippen LogP contribution in [0.4, 0.5) is 5.69 Å². The van der Waals surface area contributed by atoms with Gasteiger partial charge in [0.25, 0.3) is 0 Å². The van der Waals surface area contributed by atoms with E-state index in [9.17, 15) is 9.59 Å². The quantitative estimate of drug-likeness (QED) is 0.131. The minimum atomic E-state index is -0.398. The Kier molecular flexibility index (Phi) is 16.1. The van der Waals surface area contributed by atoms with Gasteiger partial charge < -0.3 is 19.5 Å². The van der Waals surface area contributed by atoms with Crippen LogP contribution in [0.1, 0.15) is 82.3 Å². The predicted molar refractivity (Wildman–Crippen MR) is 178 cm³/mol. The molecule has 0 aromatic heterocycles. The monoisotopic (exact) mass is 609 g/mol. The van der Waals surface area contributed by atoms with Crippen molar-refractivity contribution in [2.24, 2.45) is 0 Å². The fraction of sp³-hybridized carbons (Fsp3) is 0.611. The SMILES string of the molecule is CCCCCCCCCCCC(=O)OC(COc1ccccc1OC)CN1CCN(CC(=O)Nc2c(C)cccc2C)CC1. The summed E-state index contributed by atoms with van der Waals surface area (Å²) < 4.78 is 17.5. The number of para-hydroxylation sites is 3. The lowest BCUT2D eigenvalue weighted by molar-refractivity contribution is -0.152. The summed E-state index contributed by atoms with van der Waals surface area (Å²) in [6.45, 7) is 10.6. The van der Waals surface area contributed by atoms with E-state index in [0.29, 0.717) is 31.0 Å². The number of hydrogen-bond donors (Lipinski definition) is 1. The van der Waals surface area contributed by atoms with Crippen LogP contribution in [0.5, 0.6) is 11.5 Å². The van der Waals surface area contributed by atoms with Crippen molar-refractivity contribution in [3.05, 3.63) is 53.6 Å². The number of amides is 1. The Morgan fingerprint density at radius 1 is 0.795 bits per heavy atom. The van der Waals surface area contributed by atoms with Crippen LogP contribution >= 0.6 is 0 Å². The van der Waals surface area contributed by atoms with Crippen molar-refractivity contribution >= 4 is 17.6 Å². The average Bonchev–Trinajstić information content (AvgIpc) is 3.02. The number of aryl methyl sites for hydroxylation is 2. The van der Waals surface area contributed by atoms with Crippen LogP contribution in [-0.4, -0.2) is 80.8 Å². The molecule has 2 aromatic rings. The Morgan fingerprint density at radius 3 is 2.02 bits per heavy atom. The average molecular weight is 610 g/mol. The highest BCUT2D eigenvalue weighted by molar-refractivity contribution is 5.93. The van der Waals surface area contributed by atoms with E-state index < -0.39 is 6.10 Å². The van der Waals surface area contributed by atoms with E-state index >= 15 is 0 Å². The molecule has 1 N–H and O–H groups in total. The summed E-state index contributed by atoms with van der Waals surface area (Å²) >= 11 is 0. The topological polar surface area (TPSA) is 80.3 Å². The van der Waals surface area contributed by atoms with Crippen LogP contribution in [0.15, 0.2) is 42.5 Å². The first-order valence-corrected chi connectivity index (χ1v) is 16.7. The van der Waals surface area contributed by atoms with Crippen molar-refractivity contribution in [1.29, 1.82) is 0 Å². The first-order chi connectivity index (χ1) is 21.4. The molecule has 1 amide bonds. The molecule has 244 valence electrons. The molecule has 44 heavy (non-hydrogen) atoms.